The lowest BCUT2D eigenvalue weighted by molar-refractivity contribution is -0.138. The zero-order valence-corrected chi connectivity index (χ0v) is 13.8. The highest BCUT2D eigenvalue weighted by Crippen LogP contribution is 2.22. The van der Waals surface area contributed by atoms with Crippen molar-refractivity contribution in [3.8, 4) is 12.3 Å². The van der Waals surface area contributed by atoms with E-state index in [4.69, 9.17) is 11.2 Å². The van der Waals surface area contributed by atoms with E-state index in [0.29, 0.717) is 24.9 Å². The van der Waals surface area contributed by atoms with Crippen molar-refractivity contribution in [3.63, 3.8) is 0 Å². The molecular weight excluding hydrogens is 294 g/mol. The molecule has 0 saturated heterocycles. The minimum Gasteiger partial charge on any atom is -0.481 e. The standard InChI is InChI=1S/C18H23NO4/c1-5-6-7-15(16(20)21)14-10-8-13(9-11-14)12-19-17(22)23-18(2,3)4/h1,8-11,15H,6-7,12H2,2-4H3,(H,19,22)(H,20,21). The van der Waals surface area contributed by atoms with Gasteiger partial charge in [-0.15, -0.1) is 12.3 Å². The summed E-state index contributed by atoms with van der Waals surface area (Å²) in [5, 5.41) is 11.9. The average molecular weight is 317 g/mol. The van der Waals surface area contributed by atoms with Crippen LogP contribution in [-0.4, -0.2) is 22.8 Å². The summed E-state index contributed by atoms with van der Waals surface area (Å²) in [6, 6.07) is 7.08. The van der Waals surface area contributed by atoms with Gasteiger partial charge in [0, 0.05) is 13.0 Å². The average Bonchev–Trinajstić information content (AvgIpc) is 2.44. The number of amides is 1. The van der Waals surface area contributed by atoms with Gasteiger partial charge in [0.05, 0.1) is 5.92 Å². The number of hydrogen-bond donors (Lipinski definition) is 2. The van der Waals surface area contributed by atoms with Crippen LogP contribution >= 0.6 is 0 Å². The van der Waals surface area contributed by atoms with Crippen LogP contribution in [0.15, 0.2) is 24.3 Å². The molecule has 1 rings (SSSR count). The number of aliphatic carboxylic acids is 1. The molecule has 0 radical (unpaired) electrons. The molecule has 0 aliphatic heterocycles. The van der Waals surface area contributed by atoms with Gasteiger partial charge in [-0.2, -0.15) is 0 Å². The zero-order chi connectivity index (χ0) is 17.5. The minimum absolute atomic E-state index is 0.317. The number of ether oxygens (including phenoxy) is 1. The monoisotopic (exact) mass is 317 g/mol. The van der Waals surface area contributed by atoms with Crippen molar-refractivity contribution in [2.24, 2.45) is 0 Å². The molecule has 23 heavy (non-hydrogen) atoms. The summed E-state index contributed by atoms with van der Waals surface area (Å²) in [6.45, 7) is 5.70. The number of rotatable bonds is 6. The first-order valence-electron chi connectivity index (χ1n) is 7.45. The van der Waals surface area contributed by atoms with Crippen LogP contribution in [0, 0.1) is 12.3 Å². The van der Waals surface area contributed by atoms with Gasteiger partial charge < -0.3 is 15.2 Å². The highest BCUT2D eigenvalue weighted by Gasteiger charge is 2.19. The third-order valence-electron chi connectivity index (χ3n) is 3.09. The zero-order valence-electron chi connectivity index (χ0n) is 13.8. The molecule has 0 spiro atoms. The summed E-state index contributed by atoms with van der Waals surface area (Å²) in [5.74, 6) is 0.960. The van der Waals surface area contributed by atoms with Gasteiger partial charge in [0.25, 0.3) is 0 Å². The molecule has 1 amide bonds. The molecule has 0 aliphatic carbocycles. The third kappa shape index (κ3) is 6.88. The maximum atomic E-state index is 11.6. The lowest BCUT2D eigenvalue weighted by Gasteiger charge is -2.19. The number of carboxylic acid groups (broad SMARTS) is 1. The Kier molecular flexibility index (Phi) is 6.65. The van der Waals surface area contributed by atoms with Crippen molar-refractivity contribution in [3.05, 3.63) is 35.4 Å². The molecule has 0 aliphatic rings. The second-order valence-electron chi connectivity index (χ2n) is 6.23. The summed E-state index contributed by atoms with van der Waals surface area (Å²) in [7, 11) is 0. The first kappa shape index (κ1) is 18.6. The molecule has 1 aromatic carbocycles. The van der Waals surface area contributed by atoms with Gasteiger partial charge in [-0.25, -0.2) is 4.79 Å². The van der Waals surface area contributed by atoms with E-state index in [-0.39, 0.29) is 0 Å². The van der Waals surface area contributed by atoms with Crippen molar-refractivity contribution in [1.82, 2.24) is 5.32 Å². The van der Waals surface area contributed by atoms with E-state index >= 15 is 0 Å². The highest BCUT2D eigenvalue weighted by atomic mass is 16.6. The fraction of sp³-hybridized carbons (Fsp3) is 0.444. The Balaban J connectivity index is 2.64. The molecule has 0 saturated carbocycles. The van der Waals surface area contributed by atoms with Crippen LogP contribution in [-0.2, 0) is 16.1 Å². The lowest BCUT2D eigenvalue weighted by Crippen LogP contribution is -2.32. The van der Waals surface area contributed by atoms with Gasteiger partial charge in [-0.1, -0.05) is 24.3 Å². The van der Waals surface area contributed by atoms with Crippen molar-refractivity contribution >= 4 is 12.1 Å². The molecule has 1 atom stereocenters. The van der Waals surface area contributed by atoms with Crippen LogP contribution in [0.3, 0.4) is 0 Å². The molecule has 1 aromatic rings. The van der Waals surface area contributed by atoms with Gasteiger partial charge in [-0.3, -0.25) is 4.79 Å². The first-order chi connectivity index (χ1) is 10.7. The van der Waals surface area contributed by atoms with E-state index in [1.807, 2.05) is 0 Å². The van der Waals surface area contributed by atoms with Gasteiger partial charge in [0.2, 0.25) is 0 Å². The van der Waals surface area contributed by atoms with Crippen LogP contribution in [0.25, 0.3) is 0 Å². The number of carbonyl (C=O) groups excluding carboxylic acids is 1. The maximum absolute atomic E-state index is 11.6. The van der Waals surface area contributed by atoms with Gasteiger partial charge in [0.1, 0.15) is 5.60 Å². The van der Waals surface area contributed by atoms with Gasteiger partial charge in [0.15, 0.2) is 0 Å². The molecule has 0 heterocycles. The predicted octanol–water partition coefficient (Wildman–Crippen LogP) is 3.29. The summed E-state index contributed by atoms with van der Waals surface area (Å²) in [4.78, 5) is 22.9. The van der Waals surface area contributed by atoms with E-state index in [1.54, 1.807) is 45.0 Å². The number of carboxylic acids is 1. The summed E-state index contributed by atoms with van der Waals surface area (Å²) < 4.78 is 5.15. The molecule has 0 fully saturated rings. The first-order valence-corrected chi connectivity index (χ1v) is 7.45. The summed E-state index contributed by atoms with van der Waals surface area (Å²) in [5.41, 5.74) is 1.02. The Morgan fingerprint density at radius 1 is 1.30 bits per heavy atom. The third-order valence-corrected chi connectivity index (χ3v) is 3.09. The predicted molar refractivity (Wildman–Crippen MR) is 88.0 cm³/mol. The number of carbonyl (C=O) groups is 2. The smallest absolute Gasteiger partial charge is 0.407 e. The minimum atomic E-state index is -0.889. The van der Waals surface area contributed by atoms with E-state index in [1.165, 1.54) is 0 Å². The second-order valence-corrected chi connectivity index (χ2v) is 6.23. The number of alkyl carbamates (subject to hydrolysis) is 1. The van der Waals surface area contributed by atoms with Crippen molar-refractivity contribution < 1.29 is 19.4 Å². The van der Waals surface area contributed by atoms with Gasteiger partial charge in [-0.05, 0) is 38.3 Å². The number of benzene rings is 1. The molecule has 0 aromatic heterocycles. The summed E-state index contributed by atoms with van der Waals surface area (Å²) >= 11 is 0. The van der Waals surface area contributed by atoms with Crippen molar-refractivity contribution in [2.45, 2.75) is 51.7 Å². The van der Waals surface area contributed by atoms with Crippen molar-refractivity contribution in [1.29, 1.82) is 0 Å². The van der Waals surface area contributed by atoms with Crippen LogP contribution in [0.2, 0.25) is 0 Å². The number of terminal acetylenes is 1. The van der Waals surface area contributed by atoms with Crippen LogP contribution in [0.4, 0.5) is 4.79 Å². The van der Waals surface area contributed by atoms with Crippen molar-refractivity contribution in [2.75, 3.05) is 0 Å². The Labute approximate surface area is 137 Å². The largest absolute Gasteiger partial charge is 0.481 e. The van der Waals surface area contributed by atoms with E-state index in [9.17, 15) is 14.7 Å². The molecule has 124 valence electrons. The maximum Gasteiger partial charge on any atom is 0.407 e. The van der Waals surface area contributed by atoms with Crippen LogP contribution in [0.5, 0.6) is 0 Å². The number of hydrogen-bond acceptors (Lipinski definition) is 3. The normalized spacial score (nSPS) is 12.1. The number of nitrogens with one attached hydrogen (secondary N) is 1. The lowest BCUT2D eigenvalue weighted by atomic mass is 9.94. The van der Waals surface area contributed by atoms with E-state index in [0.717, 1.165) is 5.56 Å². The molecule has 5 heteroatoms. The van der Waals surface area contributed by atoms with Crippen LogP contribution < -0.4 is 5.32 Å². The molecule has 2 N–H and O–H groups in total. The SMILES string of the molecule is C#CCCC(C(=O)O)c1ccc(CNC(=O)OC(C)(C)C)cc1. The Bertz CT molecular complexity index is 579. The Morgan fingerprint density at radius 3 is 2.39 bits per heavy atom. The van der Waals surface area contributed by atoms with E-state index < -0.39 is 23.6 Å². The second kappa shape index (κ2) is 8.23. The fourth-order valence-electron chi connectivity index (χ4n) is 2.02. The quantitative estimate of drug-likeness (QED) is 0.789. The molecule has 1 unspecified atom stereocenters. The summed E-state index contributed by atoms with van der Waals surface area (Å²) in [6.07, 6.45) is 5.53. The molecule has 5 nitrogen and oxygen atoms in total. The fourth-order valence-corrected chi connectivity index (χ4v) is 2.02. The van der Waals surface area contributed by atoms with Crippen LogP contribution in [0.1, 0.15) is 50.7 Å². The van der Waals surface area contributed by atoms with Gasteiger partial charge >= 0.3 is 12.1 Å². The topological polar surface area (TPSA) is 75.6 Å². The van der Waals surface area contributed by atoms with E-state index in [2.05, 4.69) is 11.2 Å². The Hall–Kier alpha value is -2.48. The molecule has 0 bridgehead atoms. The molecular formula is C18H23NO4. The Morgan fingerprint density at radius 2 is 1.91 bits per heavy atom. The highest BCUT2D eigenvalue weighted by molar-refractivity contribution is 5.76.